The third kappa shape index (κ3) is 4.76. The summed E-state index contributed by atoms with van der Waals surface area (Å²) in [5.41, 5.74) is 0.461. The molecular weight excluding hydrogens is 248 g/mol. The highest BCUT2D eigenvalue weighted by molar-refractivity contribution is 5.76. The van der Waals surface area contributed by atoms with Crippen LogP contribution in [-0.2, 0) is 4.79 Å². The first kappa shape index (κ1) is 15.8. The third-order valence-electron chi connectivity index (χ3n) is 5.47. The second-order valence-electron chi connectivity index (χ2n) is 7.44. The van der Waals surface area contributed by atoms with E-state index in [1.54, 1.807) is 0 Å². The minimum Gasteiger partial charge on any atom is -0.353 e. The Morgan fingerprint density at radius 1 is 1.05 bits per heavy atom. The summed E-state index contributed by atoms with van der Waals surface area (Å²) in [7, 11) is 0. The van der Waals surface area contributed by atoms with Crippen LogP contribution < -0.4 is 10.6 Å². The lowest BCUT2D eigenvalue weighted by Crippen LogP contribution is -2.40. The van der Waals surface area contributed by atoms with Crippen LogP contribution in [0.4, 0.5) is 0 Å². The highest BCUT2D eigenvalue weighted by Gasteiger charge is 2.32. The lowest BCUT2D eigenvalue weighted by Gasteiger charge is -2.39. The van der Waals surface area contributed by atoms with Crippen molar-refractivity contribution in [2.45, 2.75) is 84.2 Å². The fraction of sp³-hybridized carbons (Fsp3) is 0.941. The summed E-state index contributed by atoms with van der Waals surface area (Å²) in [6, 6.07) is 1.13. The Morgan fingerprint density at radius 3 is 2.20 bits per heavy atom. The smallest absolute Gasteiger partial charge is 0.221 e. The Bertz CT molecular complexity index is 315. The molecular formula is C17H32N2O. The molecule has 1 amide bonds. The second-order valence-corrected chi connectivity index (χ2v) is 7.44. The minimum absolute atomic E-state index is 0.233. The number of carbonyl (C=O) groups excluding carboxylic acids is 1. The Labute approximate surface area is 124 Å². The predicted octanol–water partition coefficient (Wildman–Crippen LogP) is 3.24. The highest BCUT2D eigenvalue weighted by atomic mass is 16.1. The van der Waals surface area contributed by atoms with Gasteiger partial charge in [-0.3, -0.25) is 4.79 Å². The molecule has 2 aliphatic carbocycles. The van der Waals surface area contributed by atoms with Crippen LogP contribution in [0.5, 0.6) is 0 Å². The van der Waals surface area contributed by atoms with Crippen molar-refractivity contribution >= 4 is 5.91 Å². The van der Waals surface area contributed by atoms with Gasteiger partial charge in [0.25, 0.3) is 0 Å². The van der Waals surface area contributed by atoms with Crippen LogP contribution in [0.25, 0.3) is 0 Å². The minimum atomic E-state index is 0.233. The Balaban J connectivity index is 1.61. The van der Waals surface area contributed by atoms with Crippen molar-refractivity contribution in [2.75, 3.05) is 6.54 Å². The van der Waals surface area contributed by atoms with Crippen molar-refractivity contribution in [2.24, 2.45) is 11.3 Å². The maximum atomic E-state index is 11.9. The van der Waals surface area contributed by atoms with E-state index in [4.69, 9.17) is 0 Å². The first-order chi connectivity index (χ1) is 9.51. The molecule has 0 aromatic carbocycles. The molecule has 0 aromatic rings. The highest BCUT2D eigenvalue weighted by Crippen LogP contribution is 2.40. The standard InChI is InChI=1S/C17H32N2O/c1-4-17(2,3)13-5-7-15(8-6-13)19-16(20)11-12-18-14-9-10-14/h13-15,18H,4-12H2,1-3H3,(H,19,20). The first-order valence-corrected chi connectivity index (χ1v) is 8.54. The summed E-state index contributed by atoms with van der Waals surface area (Å²) < 4.78 is 0. The molecule has 2 saturated carbocycles. The van der Waals surface area contributed by atoms with Crippen molar-refractivity contribution in [3.8, 4) is 0 Å². The molecule has 2 N–H and O–H groups in total. The van der Waals surface area contributed by atoms with Crippen molar-refractivity contribution in [3.63, 3.8) is 0 Å². The Morgan fingerprint density at radius 2 is 1.65 bits per heavy atom. The van der Waals surface area contributed by atoms with Crippen LogP contribution in [-0.4, -0.2) is 24.5 Å². The van der Waals surface area contributed by atoms with Gasteiger partial charge in [-0.05, 0) is 49.9 Å². The van der Waals surface area contributed by atoms with Gasteiger partial charge in [-0.15, -0.1) is 0 Å². The molecule has 0 spiro atoms. The molecule has 0 heterocycles. The average Bonchev–Trinajstić information content (AvgIpc) is 3.23. The van der Waals surface area contributed by atoms with E-state index in [0.717, 1.165) is 25.3 Å². The number of rotatable bonds is 7. The lowest BCUT2D eigenvalue weighted by molar-refractivity contribution is -0.122. The van der Waals surface area contributed by atoms with Gasteiger partial charge in [-0.25, -0.2) is 0 Å². The number of amides is 1. The van der Waals surface area contributed by atoms with E-state index >= 15 is 0 Å². The van der Waals surface area contributed by atoms with Crippen molar-refractivity contribution in [1.29, 1.82) is 0 Å². The van der Waals surface area contributed by atoms with Gasteiger partial charge in [-0.2, -0.15) is 0 Å². The zero-order valence-corrected chi connectivity index (χ0v) is 13.5. The van der Waals surface area contributed by atoms with Gasteiger partial charge >= 0.3 is 0 Å². The zero-order valence-electron chi connectivity index (χ0n) is 13.5. The molecule has 0 unspecified atom stereocenters. The van der Waals surface area contributed by atoms with Crippen molar-refractivity contribution < 1.29 is 4.79 Å². The molecule has 0 bridgehead atoms. The molecule has 0 radical (unpaired) electrons. The SMILES string of the molecule is CCC(C)(C)C1CCC(NC(=O)CCNC2CC2)CC1. The molecule has 3 nitrogen and oxygen atoms in total. The van der Waals surface area contributed by atoms with E-state index in [0.29, 0.717) is 23.9 Å². The van der Waals surface area contributed by atoms with E-state index in [1.807, 2.05) is 0 Å². The molecule has 116 valence electrons. The molecule has 0 atom stereocenters. The third-order valence-corrected chi connectivity index (χ3v) is 5.47. The van der Waals surface area contributed by atoms with E-state index in [2.05, 4.69) is 31.4 Å². The summed E-state index contributed by atoms with van der Waals surface area (Å²) in [5, 5.41) is 6.62. The van der Waals surface area contributed by atoms with E-state index in [1.165, 1.54) is 32.1 Å². The number of hydrogen-bond acceptors (Lipinski definition) is 2. The van der Waals surface area contributed by atoms with Crippen LogP contribution in [0, 0.1) is 11.3 Å². The van der Waals surface area contributed by atoms with E-state index in [-0.39, 0.29) is 5.91 Å². The molecule has 2 rings (SSSR count). The second kappa shape index (κ2) is 6.93. The number of nitrogens with one attached hydrogen (secondary N) is 2. The van der Waals surface area contributed by atoms with E-state index in [9.17, 15) is 4.79 Å². The van der Waals surface area contributed by atoms with Crippen LogP contribution in [0.2, 0.25) is 0 Å². The maximum absolute atomic E-state index is 11.9. The van der Waals surface area contributed by atoms with Gasteiger partial charge in [-0.1, -0.05) is 27.2 Å². The van der Waals surface area contributed by atoms with Crippen LogP contribution >= 0.6 is 0 Å². The number of carbonyl (C=O) groups is 1. The molecule has 0 aromatic heterocycles. The van der Waals surface area contributed by atoms with Gasteiger partial charge in [0.1, 0.15) is 0 Å². The largest absolute Gasteiger partial charge is 0.353 e. The fourth-order valence-electron chi connectivity index (χ4n) is 3.29. The normalized spacial score (nSPS) is 27.4. The quantitative estimate of drug-likeness (QED) is 0.751. The zero-order chi connectivity index (χ0) is 14.6. The Kier molecular flexibility index (Phi) is 5.48. The van der Waals surface area contributed by atoms with E-state index < -0.39 is 0 Å². The van der Waals surface area contributed by atoms with Gasteiger partial charge < -0.3 is 10.6 Å². The average molecular weight is 280 g/mol. The number of hydrogen-bond donors (Lipinski definition) is 2. The summed E-state index contributed by atoms with van der Waals surface area (Å²) >= 11 is 0. The molecule has 0 aliphatic heterocycles. The van der Waals surface area contributed by atoms with Gasteiger partial charge in [0.2, 0.25) is 5.91 Å². The molecule has 3 heteroatoms. The van der Waals surface area contributed by atoms with Gasteiger partial charge in [0.15, 0.2) is 0 Å². The molecule has 2 fully saturated rings. The summed E-state index contributed by atoms with van der Waals surface area (Å²) in [5.74, 6) is 1.06. The maximum Gasteiger partial charge on any atom is 0.221 e. The predicted molar refractivity (Wildman–Crippen MR) is 83.6 cm³/mol. The summed E-state index contributed by atoms with van der Waals surface area (Å²) in [6.45, 7) is 7.91. The molecule has 20 heavy (non-hydrogen) atoms. The van der Waals surface area contributed by atoms with Crippen LogP contribution in [0.3, 0.4) is 0 Å². The molecule has 0 saturated heterocycles. The Hall–Kier alpha value is -0.570. The van der Waals surface area contributed by atoms with Crippen molar-refractivity contribution in [3.05, 3.63) is 0 Å². The monoisotopic (exact) mass is 280 g/mol. The topological polar surface area (TPSA) is 41.1 Å². The summed E-state index contributed by atoms with van der Waals surface area (Å²) in [4.78, 5) is 11.9. The fourth-order valence-corrected chi connectivity index (χ4v) is 3.29. The van der Waals surface area contributed by atoms with Crippen molar-refractivity contribution in [1.82, 2.24) is 10.6 Å². The van der Waals surface area contributed by atoms with Gasteiger partial charge in [0, 0.05) is 25.0 Å². The molecule has 2 aliphatic rings. The van der Waals surface area contributed by atoms with Gasteiger partial charge in [0.05, 0.1) is 0 Å². The first-order valence-electron chi connectivity index (χ1n) is 8.54. The van der Waals surface area contributed by atoms with Crippen LogP contribution in [0.1, 0.15) is 72.1 Å². The lowest BCUT2D eigenvalue weighted by atomic mass is 9.69. The van der Waals surface area contributed by atoms with Crippen LogP contribution in [0.15, 0.2) is 0 Å². The summed E-state index contributed by atoms with van der Waals surface area (Å²) in [6.07, 6.45) is 9.33.